The zero-order chi connectivity index (χ0) is 13.7. The fraction of sp³-hybridized carbons (Fsp3) is 0.462. The van der Waals surface area contributed by atoms with E-state index >= 15 is 0 Å². The van der Waals surface area contributed by atoms with Gasteiger partial charge in [-0.25, -0.2) is 0 Å². The predicted molar refractivity (Wildman–Crippen MR) is 66.6 cm³/mol. The van der Waals surface area contributed by atoms with Crippen molar-refractivity contribution in [3.63, 3.8) is 0 Å². The van der Waals surface area contributed by atoms with Crippen LogP contribution in [0.15, 0.2) is 12.1 Å². The van der Waals surface area contributed by atoms with Crippen molar-refractivity contribution in [2.75, 3.05) is 21.3 Å². The maximum absolute atomic E-state index is 10.9. The number of hydrogen-bond donors (Lipinski definition) is 1. The van der Waals surface area contributed by atoms with E-state index in [9.17, 15) is 4.79 Å². The minimum absolute atomic E-state index is 0.374. The van der Waals surface area contributed by atoms with Crippen molar-refractivity contribution in [3.8, 4) is 17.2 Å². The first-order valence-corrected chi connectivity index (χ1v) is 5.55. The number of benzene rings is 1. The first-order chi connectivity index (χ1) is 8.54. The number of rotatable bonds is 6. The van der Waals surface area contributed by atoms with Crippen LogP contribution in [0.25, 0.3) is 0 Å². The van der Waals surface area contributed by atoms with Crippen LogP contribution in [0.1, 0.15) is 12.5 Å². The Morgan fingerprint density at radius 2 is 1.78 bits per heavy atom. The summed E-state index contributed by atoms with van der Waals surface area (Å²) in [5.74, 6) is 0.227. The molecule has 0 aromatic heterocycles. The van der Waals surface area contributed by atoms with Crippen LogP contribution in [0.3, 0.4) is 0 Å². The standard InChI is InChI=1S/C13H18O5/c1-8(13(14)15)7-9-5-6-10(16-2)12(18-4)11(9)17-3/h5-6,8H,7H2,1-4H3,(H,14,15). The normalized spacial score (nSPS) is 11.8. The molecule has 0 saturated heterocycles. The Balaban J connectivity index is 3.16. The highest BCUT2D eigenvalue weighted by Gasteiger charge is 2.19. The Labute approximate surface area is 106 Å². The maximum Gasteiger partial charge on any atom is 0.306 e. The highest BCUT2D eigenvalue weighted by molar-refractivity contribution is 5.70. The lowest BCUT2D eigenvalue weighted by Gasteiger charge is -2.16. The smallest absolute Gasteiger partial charge is 0.306 e. The molecule has 1 unspecified atom stereocenters. The molecule has 1 atom stereocenters. The summed E-state index contributed by atoms with van der Waals surface area (Å²) in [6.45, 7) is 1.65. The summed E-state index contributed by atoms with van der Waals surface area (Å²) in [6, 6.07) is 3.53. The van der Waals surface area contributed by atoms with Crippen LogP contribution in [-0.4, -0.2) is 32.4 Å². The topological polar surface area (TPSA) is 65.0 Å². The molecule has 5 heteroatoms. The second-order valence-corrected chi connectivity index (χ2v) is 3.94. The zero-order valence-electron chi connectivity index (χ0n) is 11.0. The van der Waals surface area contributed by atoms with Gasteiger partial charge in [-0.1, -0.05) is 13.0 Å². The van der Waals surface area contributed by atoms with Crippen molar-refractivity contribution in [1.29, 1.82) is 0 Å². The molecule has 18 heavy (non-hydrogen) atoms. The molecule has 0 radical (unpaired) electrons. The molecule has 5 nitrogen and oxygen atoms in total. The number of methoxy groups -OCH3 is 3. The molecule has 0 saturated carbocycles. The first kappa shape index (κ1) is 14.2. The van der Waals surface area contributed by atoms with E-state index in [4.69, 9.17) is 19.3 Å². The quantitative estimate of drug-likeness (QED) is 0.840. The van der Waals surface area contributed by atoms with E-state index in [1.807, 2.05) is 0 Å². The molecule has 100 valence electrons. The summed E-state index contributed by atoms with van der Waals surface area (Å²) in [7, 11) is 4.58. The van der Waals surface area contributed by atoms with Gasteiger partial charge >= 0.3 is 5.97 Å². The lowest BCUT2D eigenvalue weighted by molar-refractivity contribution is -0.141. The van der Waals surface area contributed by atoms with Gasteiger partial charge in [-0.2, -0.15) is 0 Å². The highest BCUT2D eigenvalue weighted by Crippen LogP contribution is 2.40. The minimum Gasteiger partial charge on any atom is -0.493 e. The Bertz CT molecular complexity index is 428. The largest absolute Gasteiger partial charge is 0.493 e. The van der Waals surface area contributed by atoms with Crippen LogP contribution in [0.2, 0.25) is 0 Å². The number of ether oxygens (including phenoxy) is 3. The molecule has 0 amide bonds. The summed E-state index contributed by atoms with van der Waals surface area (Å²) < 4.78 is 15.7. The molecule has 0 fully saturated rings. The number of aliphatic carboxylic acids is 1. The highest BCUT2D eigenvalue weighted by atomic mass is 16.5. The van der Waals surface area contributed by atoms with Crippen LogP contribution in [0.5, 0.6) is 17.2 Å². The molecular formula is C13H18O5. The fourth-order valence-electron chi connectivity index (χ4n) is 1.74. The van der Waals surface area contributed by atoms with Crippen LogP contribution >= 0.6 is 0 Å². The van der Waals surface area contributed by atoms with Gasteiger partial charge in [-0.3, -0.25) is 4.79 Å². The van der Waals surface area contributed by atoms with Crippen molar-refractivity contribution in [1.82, 2.24) is 0 Å². The van der Waals surface area contributed by atoms with Gasteiger partial charge in [0.1, 0.15) is 0 Å². The molecule has 1 rings (SSSR count). The van der Waals surface area contributed by atoms with Crippen molar-refractivity contribution < 1.29 is 24.1 Å². The van der Waals surface area contributed by atoms with Gasteiger partial charge in [-0.15, -0.1) is 0 Å². The maximum atomic E-state index is 10.9. The van der Waals surface area contributed by atoms with Gasteiger partial charge in [0.2, 0.25) is 5.75 Å². The second-order valence-electron chi connectivity index (χ2n) is 3.94. The van der Waals surface area contributed by atoms with Crippen LogP contribution < -0.4 is 14.2 Å². The van der Waals surface area contributed by atoms with Gasteiger partial charge in [0.15, 0.2) is 11.5 Å². The molecule has 0 aliphatic rings. The van der Waals surface area contributed by atoms with Gasteiger partial charge < -0.3 is 19.3 Å². The van der Waals surface area contributed by atoms with E-state index in [2.05, 4.69) is 0 Å². The minimum atomic E-state index is -0.841. The molecule has 1 N–H and O–H groups in total. The summed E-state index contributed by atoms with van der Waals surface area (Å²) in [5.41, 5.74) is 0.782. The Morgan fingerprint density at radius 3 is 2.22 bits per heavy atom. The fourth-order valence-corrected chi connectivity index (χ4v) is 1.74. The van der Waals surface area contributed by atoms with Crippen molar-refractivity contribution >= 4 is 5.97 Å². The molecule has 0 aliphatic carbocycles. The number of carbonyl (C=O) groups is 1. The molecule has 1 aromatic carbocycles. The molecule has 0 spiro atoms. The third kappa shape index (κ3) is 2.85. The summed E-state index contributed by atoms with van der Waals surface area (Å²) >= 11 is 0. The Hall–Kier alpha value is -1.91. The SMILES string of the molecule is COc1ccc(CC(C)C(=O)O)c(OC)c1OC. The third-order valence-electron chi connectivity index (χ3n) is 2.73. The monoisotopic (exact) mass is 254 g/mol. The number of hydrogen-bond acceptors (Lipinski definition) is 4. The van der Waals surface area contributed by atoms with E-state index in [0.717, 1.165) is 5.56 Å². The van der Waals surface area contributed by atoms with Crippen molar-refractivity contribution in [2.24, 2.45) is 5.92 Å². The number of carboxylic acids is 1. The van der Waals surface area contributed by atoms with E-state index in [1.54, 1.807) is 19.1 Å². The average molecular weight is 254 g/mol. The molecule has 0 aliphatic heterocycles. The summed E-state index contributed by atoms with van der Waals surface area (Å²) in [5, 5.41) is 8.94. The van der Waals surface area contributed by atoms with Crippen LogP contribution in [-0.2, 0) is 11.2 Å². The Kier molecular flexibility index (Phi) is 4.83. The van der Waals surface area contributed by atoms with Crippen LogP contribution in [0.4, 0.5) is 0 Å². The molecule has 0 heterocycles. The van der Waals surface area contributed by atoms with Crippen LogP contribution in [0, 0.1) is 5.92 Å². The van der Waals surface area contributed by atoms with E-state index < -0.39 is 11.9 Å². The van der Waals surface area contributed by atoms with Gasteiger partial charge in [0, 0.05) is 0 Å². The van der Waals surface area contributed by atoms with E-state index in [1.165, 1.54) is 21.3 Å². The Morgan fingerprint density at radius 1 is 1.17 bits per heavy atom. The third-order valence-corrected chi connectivity index (χ3v) is 2.73. The number of carboxylic acid groups (broad SMARTS) is 1. The van der Waals surface area contributed by atoms with Gasteiger partial charge in [-0.05, 0) is 18.1 Å². The predicted octanol–water partition coefficient (Wildman–Crippen LogP) is 1.98. The zero-order valence-corrected chi connectivity index (χ0v) is 11.0. The summed E-state index contributed by atoms with van der Waals surface area (Å²) in [4.78, 5) is 10.9. The van der Waals surface area contributed by atoms with Gasteiger partial charge in [0.25, 0.3) is 0 Å². The lowest BCUT2D eigenvalue weighted by atomic mass is 10.00. The van der Waals surface area contributed by atoms with Crippen molar-refractivity contribution in [3.05, 3.63) is 17.7 Å². The van der Waals surface area contributed by atoms with E-state index in [-0.39, 0.29) is 0 Å². The second kappa shape index (κ2) is 6.14. The van der Waals surface area contributed by atoms with Crippen molar-refractivity contribution in [2.45, 2.75) is 13.3 Å². The lowest BCUT2D eigenvalue weighted by Crippen LogP contribution is -2.13. The molecular weight excluding hydrogens is 236 g/mol. The van der Waals surface area contributed by atoms with Gasteiger partial charge in [0.05, 0.1) is 27.2 Å². The average Bonchev–Trinajstić information content (AvgIpc) is 2.37. The molecule has 0 bridgehead atoms. The molecule has 1 aromatic rings. The summed E-state index contributed by atoms with van der Waals surface area (Å²) in [6.07, 6.45) is 0.374. The first-order valence-electron chi connectivity index (χ1n) is 5.55. The van der Waals surface area contributed by atoms with E-state index in [0.29, 0.717) is 23.7 Å².